The standard InChI is InChI=1S/C8H12FN3O4/c9-1-5-10-3-12(11-5)8-7(15)6(14)4(2-13)16-8/h3-4,6-8,13-15H,1-2H2/t4-,6?,7+,8-/m1/s1. The number of halogens is 1. The number of rotatable bonds is 3. The minimum atomic E-state index is -1.23. The molecule has 8 heteroatoms. The highest BCUT2D eigenvalue weighted by Crippen LogP contribution is 2.28. The van der Waals surface area contributed by atoms with Crippen molar-refractivity contribution in [1.29, 1.82) is 0 Å². The summed E-state index contributed by atoms with van der Waals surface area (Å²) in [5.41, 5.74) is 0. The molecule has 0 bridgehead atoms. The van der Waals surface area contributed by atoms with Gasteiger partial charge in [-0.2, -0.15) is 5.10 Å². The first-order valence-corrected chi connectivity index (χ1v) is 4.75. The molecule has 0 saturated carbocycles. The van der Waals surface area contributed by atoms with Crippen LogP contribution in [0.2, 0.25) is 0 Å². The van der Waals surface area contributed by atoms with Crippen LogP contribution >= 0.6 is 0 Å². The number of aliphatic hydroxyl groups is 3. The molecule has 0 radical (unpaired) electrons. The number of aromatic nitrogens is 3. The highest BCUT2D eigenvalue weighted by atomic mass is 19.1. The number of alkyl halides is 1. The van der Waals surface area contributed by atoms with E-state index in [4.69, 9.17) is 9.84 Å². The summed E-state index contributed by atoms with van der Waals surface area (Å²) in [6.45, 7) is -1.23. The van der Waals surface area contributed by atoms with Gasteiger partial charge in [0.2, 0.25) is 0 Å². The average molecular weight is 233 g/mol. The molecule has 90 valence electrons. The van der Waals surface area contributed by atoms with E-state index in [1.807, 2.05) is 0 Å². The van der Waals surface area contributed by atoms with Crippen LogP contribution < -0.4 is 0 Å². The topological polar surface area (TPSA) is 101 Å². The molecule has 0 spiro atoms. The van der Waals surface area contributed by atoms with E-state index >= 15 is 0 Å². The Labute approximate surface area is 90.1 Å². The molecule has 3 N–H and O–H groups in total. The van der Waals surface area contributed by atoms with E-state index in [0.29, 0.717) is 0 Å². The van der Waals surface area contributed by atoms with Crippen molar-refractivity contribution in [3.05, 3.63) is 12.2 Å². The fourth-order valence-electron chi connectivity index (χ4n) is 1.59. The zero-order valence-electron chi connectivity index (χ0n) is 8.27. The summed E-state index contributed by atoms with van der Waals surface area (Å²) < 4.78 is 18.5. The van der Waals surface area contributed by atoms with Crippen LogP contribution in [-0.4, -0.2) is 55.0 Å². The molecule has 1 saturated heterocycles. The van der Waals surface area contributed by atoms with Gasteiger partial charge in [0.25, 0.3) is 0 Å². The zero-order valence-corrected chi connectivity index (χ0v) is 8.27. The molecule has 1 unspecified atom stereocenters. The van der Waals surface area contributed by atoms with Crippen LogP contribution in [0.1, 0.15) is 12.1 Å². The van der Waals surface area contributed by atoms with Crippen molar-refractivity contribution in [2.24, 2.45) is 0 Å². The first-order valence-electron chi connectivity index (χ1n) is 4.75. The van der Waals surface area contributed by atoms with Crippen LogP contribution in [-0.2, 0) is 11.4 Å². The van der Waals surface area contributed by atoms with Crippen LogP contribution in [0, 0.1) is 0 Å². The molecule has 0 aromatic carbocycles. The van der Waals surface area contributed by atoms with Crippen LogP contribution in [0.25, 0.3) is 0 Å². The lowest BCUT2D eigenvalue weighted by Crippen LogP contribution is -2.33. The lowest BCUT2D eigenvalue weighted by atomic mass is 10.1. The summed E-state index contributed by atoms with van der Waals surface area (Å²) in [6, 6.07) is 0. The highest BCUT2D eigenvalue weighted by molar-refractivity contribution is 4.90. The van der Waals surface area contributed by atoms with Crippen molar-refractivity contribution < 1.29 is 24.4 Å². The fraction of sp³-hybridized carbons (Fsp3) is 0.750. The van der Waals surface area contributed by atoms with E-state index < -0.39 is 37.8 Å². The second kappa shape index (κ2) is 4.42. The molecule has 2 rings (SSSR count). The molecule has 4 atom stereocenters. The van der Waals surface area contributed by atoms with Crippen LogP contribution in [0.3, 0.4) is 0 Å². The Morgan fingerprint density at radius 1 is 1.44 bits per heavy atom. The molecule has 1 fully saturated rings. The molecule has 0 amide bonds. The Morgan fingerprint density at radius 2 is 2.19 bits per heavy atom. The summed E-state index contributed by atoms with van der Waals surface area (Å²) in [7, 11) is 0. The fourth-order valence-corrected chi connectivity index (χ4v) is 1.59. The van der Waals surface area contributed by atoms with E-state index in [1.165, 1.54) is 6.33 Å². The van der Waals surface area contributed by atoms with Gasteiger partial charge in [-0.1, -0.05) is 0 Å². The number of nitrogens with zero attached hydrogens (tertiary/aromatic N) is 3. The highest BCUT2D eigenvalue weighted by Gasteiger charge is 2.43. The Bertz CT molecular complexity index is 361. The SMILES string of the molecule is OC[C@H]1O[C@@H](n2cnc(CF)n2)[C@@H](O)C1O. The van der Waals surface area contributed by atoms with Gasteiger partial charge in [0.1, 0.15) is 24.6 Å². The van der Waals surface area contributed by atoms with Crippen LogP contribution in [0.5, 0.6) is 0 Å². The molecule has 0 aliphatic carbocycles. The van der Waals surface area contributed by atoms with Gasteiger partial charge in [-0.05, 0) is 0 Å². The first kappa shape index (κ1) is 11.4. The molecular weight excluding hydrogens is 221 g/mol. The summed E-state index contributed by atoms with van der Waals surface area (Å²) in [5.74, 6) is -0.0299. The lowest BCUT2D eigenvalue weighted by molar-refractivity contribution is -0.0589. The first-order chi connectivity index (χ1) is 7.67. The minimum Gasteiger partial charge on any atom is -0.394 e. The number of hydrogen-bond acceptors (Lipinski definition) is 6. The van der Waals surface area contributed by atoms with Gasteiger partial charge in [0, 0.05) is 0 Å². The second-order valence-electron chi connectivity index (χ2n) is 3.50. The maximum absolute atomic E-state index is 12.2. The van der Waals surface area contributed by atoms with Gasteiger partial charge in [0.05, 0.1) is 6.61 Å². The van der Waals surface area contributed by atoms with Crippen molar-refractivity contribution in [1.82, 2.24) is 14.8 Å². The Hall–Kier alpha value is -1.09. The number of aliphatic hydroxyl groups excluding tert-OH is 3. The molecule has 1 aliphatic rings. The van der Waals surface area contributed by atoms with E-state index in [-0.39, 0.29) is 5.82 Å². The van der Waals surface area contributed by atoms with Gasteiger partial charge in [-0.3, -0.25) is 0 Å². The largest absolute Gasteiger partial charge is 0.394 e. The summed E-state index contributed by atoms with van der Waals surface area (Å²) in [6.07, 6.45) is -3.06. The average Bonchev–Trinajstić information content (AvgIpc) is 2.86. The molecule has 16 heavy (non-hydrogen) atoms. The van der Waals surface area contributed by atoms with Crippen molar-refractivity contribution >= 4 is 0 Å². The minimum absolute atomic E-state index is 0.0299. The van der Waals surface area contributed by atoms with Crippen molar-refractivity contribution in [2.75, 3.05) is 6.61 Å². The van der Waals surface area contributed by atoms with E-state index in [2.05, 4.69) is 10.1 Å². The predicted octanol–water partition coefficient (Wildman–Crippen LogP) is -1.64. The summed E-state index contributed by atoms with van der Waals surface area (Å²) in [5, 5.41) is 31.7. The number of ether oxygens (including phenoxy) is 1. The molecule has 1 aliphatic heterocycles. The van der Waals surface area contributed by atoms with Crippen molar-refractivity contribution in [3.8, 4) is 0 Å². The van der Waals surface area contributed by atoms with Gasteiger partial charge < -0.3 is 20.1 Å². The molecule has 1 aromatic rings. The predicted molar refractivity (Wildman–Crippen MR) is 47.8 cm³/mol. The quantitative estimate of drug-likeness (QED) is 0.579. The van der Waals surface area contributed by atoms with Gasteiger partial charge >= 0.3 is 0 Å². The zero-order chi connectivity index (χ0) is 11.7. The van der Waals surface area contributed by atoms with Crippen molar-refractivity contribution in [2.45, 2.75) is 31.2 Å². The van der Waals surface area contributed by atoms with E-state index in [9.17, 15) is 14.6 Å². The van der Waals surface area contributed by atoms with E-state index in [0.717, 1.165) is 4.68 Å². The summed E-state index contributed by atoms with van der Waals surface area (Å²) >= 11 is 0. The third-order valence-electron chi connectivity index (χ3n) is 2.45. The Kier molecular flexibility index (Phi) is 3.15. The Morgan fingerprint density at radius 3 is 2.69 bits per heavy atom. The summed E-state index contributed by atoms with van der Waals surface area (Å²) in [4.78, 5) is 3.63. The monoisotopic (exact) mass is 233 g/mol. The maximum atomic E-state index is 12.2. The van der Waals surface area contributed by atoms with Crippen molar-refractivity contribution in [3.63, 3.8) is 0 Å². The maximum Gasteiger partial charge on any atom is 0.181 e. The molecule has 2 heterocycles. The van der Waals surface area contributed by atoms with Crippen LogP contribution in [0.15, 0.2) is 6.33 Å². The molecule has 7 nitrogen and oxygen atoms in total. The van der Waals surface area contributed by atoms with Gasteiger partial charge in [-0.15, -0.1) is 0 Å². The molecule has 1 aromatic heterocycles. The third kappa shape index (κ3) is 1.80. The van der Waals surface area contributed by atoms with Gasteiger partial charge in [0.15, 0.2) is 18.7 Å². The molecular formula is C8H12FN3O4. The Balaban J connectivity index is 2.16. The second-order valence-corrected chi connectivity index (χ2v) is 3.50. The normalized spacial score (nSPS) is 34.5. The lowest BCUT2D eigenvalue weighted by Gasteiger charge is -2.13. The number of hydrogen-bond donors (Lipinski definition) is 3. The smallest absolute Gasteiger partial charge is 0.181 e. The van der Waals surface area contributed by atoms with E-state index in [1.54, 1.807) is 0 Å². The van der Waals surface area contributed by atoms with Gasteiger partial charge in [-0.25, -0.2) is 14.1 Å². The third-order valence-corrected chi connectivity index (χ3v) is 2.45. The van der Waals surface area contributed by atoms with Crippen LogP contribution in [0.4, 0.5) is 4.39 Å².